The van der Waals surface area contributed by atoms with E-state index in [1.807, 2.05) is 0 Å². The maximum absolute atomic E-state index is 11.3. The predicted molar refractivity (Wildman–Crippen MR) is 73.5 cm³/mol. The summed E-state index contributed by atoms with van der Waals surface area (Å²) in [6.45, 7) is 4.29. The molecule has 0 N–H and O–H groups in total. The van der Waals surface area contributed by atoms with Gasteiger partial charge in [0.2, 0.25) is 0 Å². The summed E-state index contributed by atoms with van der Waals surface area (Å²) in [5.74, 6) is -0.0305. The fourth-order valence-electron chi connectivity index (χ4n) is 1.80. The summed E-state index contributed by atoms with van der Waals surface area (Å²) in [5, 5.41) is 0. The molecule has 0 aromatic heterocycles. The molecule has 0 bridgehead atoms. The Balaban J connectivity index is 3.17. The molecule has 0 aliphatic rings. The van der Waals surface area contributed by atoms with E-state index in [0.717, 1.165) is 12.8 Å². The second-order valence-electron chi connectivity index (χ2n) is 4.90. The SMILES string of the molecule is CCCCCCCCCOC(=O)CCCC(C)=O. The van der Waals surface area contributed by atoms with Crippen molar-refractivity contribution in [3.63, 3.8) is 0 Å². The fraction of sp³-hybridized carbons (Fsp3) is 0.867. The first-order valence-corrected chi connectivity index (χ1v) is 7.32. The van der Waals surface area contributed by atoms with Crippen LogP contribution >= 0.6 is 0 Å². The average molecular weight is 256 g/mol. The molecule has 0 saturated heterocycles. The first-order valence-electron chi connectivity index (χ1n) is 7.32. The molecular weight excluding hydrogens is 228 g/mol. The molecule has 0 radical (unpaired) electrons. The van der Waals surface area contributed by atoms with E-state index in [1.54, 1.807) is 6.92 Å². The topological polar surface area (TPSA) is 43.4 Å². The summed E-state index contributed by atoms with van der Waals surface area (Å²) in [4.78, 5) is 21.9. The molecule has 0 fully saturated rings. The smallest absolute Gasteiger partial charge is 0.305 e. The third kappa shape index (κ3) is 13.2. The van der Waals surface area contributed by atoms with Gasteiger partial charge in [-0.15, -0.1) is 0 Å². The quantitative estimate of drug-likeness (QED) is 0.391. The van der Waals surface area contributed by atoms with Gasteiger partial charge in [-0.2, -0.15) is 0 Å². The number of rotatable bonds is 12. The number of carbonyl (C=O) groups excluding carboxylic acids is 2. The Bertz CT molecular complexity index is 224. The summed E-state index contributed by atoms with van der Waals surface area (Å²) in [6, 6.07) is 0. The van der Waals surface area contributed by atoms with E-state index in [-0.39, 0.29) is 11.8 Å². The van der Waals surface area contributed by atoms with Crippen LogP contribution in [0.25, 0.3) is 0 Å². The number of esters is 1. The van der Waals surface area contributed by atoms with Gasteiger partial charge in [-0.1, -0.05) is 45.4 Å². The van der Waals surface area contributed by atoms with Crippen LogP contribution in [0, 0.1) is 0 Å². The molecule has 0 unspecified atom stereocenters. The summed E-state index contributed by atoms with van der Waals surface area (Å²) in [5.41, 5.74) is 0. The number of carbonyl (C=O) groups is 2. The number of hydrogen-bond donors (Lipinski definition) is 0. The van der Waals surface area contributed by atoms with Gasteiger partial charge in [-0.05, 0) is 19.8 Å². The summed E-state index contributed by atoms with van der Waals surface area (Å²) >= 11 is 0. The zero-order valence-electron chi connectivity index (χ0n) is 12.0. The highest BCUT2D eigenvalue weighted by atomic mass is 16.5. The maximum atomic E-state index is 11.3. The number of unbranched alkanes of at least 4 members (excludes halogenated alkanes) is 6. The van der Waals surface area contributed by atoms with Gasteiger partial charge < -0.3 is 9.53 Å². The van der Waals surface area contributed by atoms with Crippen LogP contribution in [0.2, 0.25) is 0 Å². The highest BCUT2D eigenvalue weighted by Crippen LogP contribution is 2.07. The Kier molecular flexibility index (Phi) is 12.0. The maximum Gasteiger partial charge on any atom is 0.305 e. The van der Waals surface area contributed by atoms with Crippen LogP contribution < -0.4 is 0 Å². The zero-order chi connectivity index (χ0) is 13.6. The predicted octanol–water partition coefficient (Wildman–Crippen LogP) is 4.04. The normalized spacial score (nSPS) is 10.3. The average Bonchev–Trinajstić information content (AvgIpc) is 2.32. The number of ether oxygens (including phenoxy) is 1. The van der Waals surface area contributed by atoms with E-state index >= 15 is 0 Å². The third-order valence-corrected chi connectivity index (χ3v) is 2.92. The van der Waals surface area contributed by atoms with Crippen molar-refractivity contribution in [2.24, 2.45) is 0 Å². The summed E-state index contributed by atoms with van der Waals surface area (Å²) in [6.07, 6.45) is 10.0. The molecule has 0 amide bonds. The van der Waals surface area contributed by atoms with Gasteiger partial charge >= 0.3 is 5.97 Å². The minimum atomic E-state index is -0.165. The minimum Gasteiger partial charge on any atom is -0.466 e. The van der Waals surface area contributed by atoms with E-state index in [9.17, 15) is 9.59 Å². The van der Waals surface area contributed by atoms with Crippen LogP contribution in [0.5, 0.6) is 0 Å². The van der Waals surface area contributed by atoms with Gasteiger partial charge in [0.25, 0.3) is 0 Å². The van der Waals surface area contributed by atoms with Crippen LogP contribution in [-0.4, -0.2) is 18.4 Å². The second-order valence-corrected chi connectivity index (χ2v) is 4.90. The standard InChI is InChI=1S/C15H28O3/c1-3-4-5-6-7-8-9-13-18-15(17)12-10-11-14(2)16/h3-13H2,1-2H3. The van der Waals surface area contributed by atoms with E-state index in [0.29, 0.717) is 25.9 Å². The van der Waals surface area contributed by atoms with Gasteiger partial charge in [-0.3, -0.25) is 4.79 Å². The first-order chi connectivity index (χ1) is 8.66. The van der Waals surface area contributed by atoms with E-state index in [1.165, 1.54) is 32.1 Å². The van der Waals surface area contributed by atoms with E-state index < -0.39 is 0 Å². The molecule has 0 spiro atoms. The lowest BCUT2D eigenvalue weighted by Crippen LogP contribution is -2.06. The first kappa shape index (κ1) is 17.1. The Labute approximate surface area is 111 Å². The molecule has 0 aliphatic heterocycles. The van der Waals surface area contributed by atoms with Crippen molar-refractivity contribution < 1.29 is 14.3 Å². The largest absolute Gasteiger partial charge is 0.466 e. The van der Waals surface area contributed by atoms with Gasteiger partial charge in [0.05, 0.1) is 6.61 Å². The summed E-state index contributed by atoms with van der Waals surface area (Å²) in [7, 11) is 0. The van der Waals surface area contributed by atoms with E-state index in [2.05, 4.69) is 6.92 Å². The molecule has 0 saturated carbocycles. The highest BCUT2D eigenvalue weighted by Gasteiger charge is 2.03. The number of ketones is 1. The fourth-order valence-corrected chi connectivity index (χ4v) is 1.80. The zero-order valence-corrected chi connectivity index (χ0v) is 12.0. The Morgan fingerprint density at radius 2 is 1.44 bits per heavy atom. The monoisotopic (exact) mass is 256 g/mol. The molecule has 0 rings (SSSR count). The summed E-state index contributed by atoms with van der Waals surface area (Å²) < 4.78 is 5.10. The molecule has 0 aliphatic carbocycles. The van der Waals surface area contributed by atoms with Crippen LogP contribution in [0.15, 0.2) is 0 Å². The molecule has 3 heteroatoms. The number of hydrogen-bond acceptors (Lipinski definition) is 3. The van der Waals surface area contributed by atoms with Gasteiger partial charge in [0.1, 0.15) is 5.78 Å². The molecular formula is C15H28O3. The van der Waals surface area contributed by atoms with Crippen LogP contribution in [0.3, 0.4) is 0 Å². The van der Waals surface area contributed by atoms with Crippen molar-refractivity contribution in [1.82, 2.24) is 0 Å². The molecule has 3 nitrogen and oxygen atoms in total. The molecule has 0 aromatic carbocycles. The van der Waals surface area contributed by atoms with Crippen LogP contribution in [0.4, 0.5) is 0 Å². The Hall–Kier alpha value is -0.860. The van der Waals surface area contributed by atoms with Crippen molar-refractivity contribution in [2.75, 3.05) is 6.61 Å². The molecule has 0 heterocycles. The van der Waals surface area contributed by atoms with Gasteiger partial charge in [-0.25, -0.2) is 0 Å². The van der Waals surface area contributed by atoms with E-state index in [4.69, 9.17) is 4.74 Å². The third-order valence-electron chi connectivity index (χ3n) is 2.92. The molecule has 106 valence electrons. The van der Waals surface area contributed by atoms with Crippen molar-refractivity contribution in [2.45, 2.75) is 78.1 Å². The Morgan fingerprint density at radius 3 is 2.06 bits per heavy atom. The lowest BCUT2D eigenvalue weighted by molar-refractivity contribution is -0.143. The van der Waals surface area contributed by atoms with Crippen LogP contribution in [-0.2, 0) is 14.3 Å². The molecule has 0 aromatic rings. The van der Waals surface area contributed by atoms with Crippen molar-refractivity contribution in [1.29, 1.82) is 0 Å². The van der Waals surface area contributed by atoms with Gasteiger partial charge in [0.15, 0.2) is 0 Å². The van der Waals surface area contributed by atoms with Crippen molar-refractivity contribution >= 4 is 11.8 Å². The number of Topliss-reactive ketones (excluding diaryl/α,β-unsaturated/α-hetero) is 1. The minimum absolute atomic E-state index is 0.134. The molecule has 18 heavy (non-hydrogen) atoms. The van der Waals surface area contributed by atoms with Crippen molar-refractivity contribution in [3.05, 3.63) is 0 Å². The highest BCUT2D eigenvalue weighted by molar-refractivity contribution is 5.76. The van der Waals surface area contributed by atoms with Crippen molar-refractivity contribution in [3.8, 4) is 0 Å². The lowest BCUT2D eigenvalue weighted by Gasteiger charge is -2.04. The van der Waals surface area contributed by atoms with Gasteiger partial charge in [0, 0.05) is 12.8 Å². The molecule has 0 atom stereocenters. The lowest BCUT2D eigenvalue weighted by atomic mass is 10.1. The van der Waals surface area contributed by atoms with Crippen LogP contribution in [0.1, 0.15) is 78.1 Å². The second kappa shape index (κ2) is 12.6. The Morgan fingerprint density at radius 1 is 0.833 bits per heavy atom.